The van der Waals surface area contributed by atoms with Gasteiger partial charge in [0.15, 0.2) is 0 Å². The molecule has 2 rings (SSSR count). The molecule has 0 aliphatic carbocycles. The van der Waals surface area contributed by atoms with Crippen molar-refractivity contribution in [2.45, 2.75) is 25.9 Å². The molecule has 1 fully saturated rings. The van der Waals surface area contributed by atoms with E-state index in [1.165, 1.54) is 0 Å². The number of nitrogens with zero attached hydrogens (tertiary/aromatic N) is 3. The lowest BCUT2D eigenvalue weighted by Gasteiger charge is -2.37. The van der Waals surface area contributed by atoms with Crippen LogP contribution in [-0.4, -0.2) is 30.2 Å². The first-order valence-corrected chi connectivity index (χ1v) is 5.56. The Morgan fingerprint density at radius 2 is 2.06 bits per heavy atom. The Balaban J connectivity index is 2.14. The van der Waals surface area contributed by atoms with Crippen LogP contribution in [0.3, 0.4) is 0 Å². The summed E-state index contributed by atoms with van der Waals surface area (Å²) in [5.41, 5.74) is 1.57. The first kappa shape index (κ1) is 10.9. The molecular weight excluding hydrogens is 200 g/mol. The van der Waals surface area contributed by atoms with Crippen LogP contribution < -0.4 is 10.2 Å². The minimum Gasteiger partial charge on any atom is -0.367 e. The standard InChI is InChI=1S/C12H16N4/c1-9-7-16(8-10(2)15-9)12-4-3-11(5-13)14-6-12/h3-4,6,9-10,15H,7-8H2,1-2H3. The number of hydrogen-bond donors (Lipinski definition) is 1. The summed E-state index contributed by atoms with van der Waals surface area (Å²) in [6.07, 6.45) is 1.78. The number of nitriles is 1. The van der Waals surface area contributed by atoms with Gasteiger partial charge in [-0.25, -0.2) is 4.98 Å². The maximum atomic E-state index is 8.69. The number of anilines is 1. The van der Waals surface area contributed by atoms with E-state index in [4.69, 9.17) is 5.26 Å². The van der Waals surface area contributed by atoms with Crippen molar-refractivity contribution < 1.29 is 0 Å². The molecule has 4 heteroatoms. The van der Waals surface area contributed by atoms with Crippen LogP contribution in [0.1, 0.15) is 19.5 Å². The molecule has 2 atom stereocenters. The van der Waals surface area contributed by atoms with E-state index in [9.17, 15) is 0 Å². The van der Waals surface area contributed by atoms with Gasteiger partial charge in [0.05, 0.1) is 11.9 Å². The smallest absolute Gasteiger partial charge is 0.140 e. The Morgan fingerprint density at radius 3 is 2.56 bits per heavy atom. The molecule has 0 bridgehead atoms. The molecule has 2 heterocycles. The molecule has 0 spiro atoms. The topological polar surface area (TPSA) is 52.0 Å². The zero-order valence-corrected chi connectivity index (χ0v) is 9.64. The minimum atomic E-state index is 0.472. The van der Waals surface area contributed by atoms with Gasteiger partial charge in [0.25, 0.3) is 0 Å². The first-order valence-electron chi connectivity index (χ1n) is 5.56. The van der Waals surface area contributed by atoms with E-state index in [0.29, 0.717) is 17.8 Å². The Labute approximate surface area is 95.9 Å². The molecule has 1 aliphatic rings. The molecule has 0 aromatic carbocycles. The summed E-state index contributed by atoms with van der Waals surface area (Å²) in [5, 5.41) is 12.2. The monoisotopic (exact) mass is 216 g/mol. The fourth-order valence-electron chi connectivity index (χ4n) is 2.18. The van der Waals surface area contributed by atoms with Crippen LogP contribution in [0.25, 0.3) is 0 Å². The summed E-state index contributed by atoms with van der Waals surface area (Å²) in [4.78, 5) is 6.40. The average molecular weight is 216 g/mol. The highest BCUT2D eigenvalue weighted by Crippen LogP contribution is 2.16. The van der Waals surface area contributed by atoms with E-state index < -0.39 is 0 Å². The van der Waals surface area contributed by atoms with Gasteiger partial charge in [0.2, 0.25) is 0 Å². The van der Waals surface area contributed by atoms with Crippen LogP contribution in [0.15, 0.2) is 18.3 Å². The first-order chi connectivity index (χ1) is 7.69. The third-order valence-corrected chi connectivity index (χ3v) is 2.79. The second-order valence-electron chi connectivity index (χ2n) is 4.39. The predicted octanol–water partition coefficient (Wildman–Crippen LogP) is 1.14. The largest absolute Gasteiger partial charge is 0.367 e. The molecule has 1 aromatic heterocycles. The summed E-state index contributed by atoms with van der Waals surface area (Å²) in [6, 6.07) is 6.74. The number of nitrogens with one attached hydrogen (secondary N) is 1. The maximum Gasteiger partial charge on any atom is 0.140 e. The second-order valence-corrected chi connectivity index (χ2v) is 4.39. The van der Waals surface area contributed by atoms with Crippen molar-refractivity contribution in [3.63, 3.8) is 0 Å². The lowest BCUT2D eigenvalue weighted by Crippen LogP contribution is -2.54. The van der Waals surface area contributed by atoms with Crippen LogP contribution >= 0.6 is 0 Å². The molecule has 0 amide bonds. The highest BCUT2D eigenvalue weighted by Gasteiger charge is 2.21. The third-order valence-electron chi connectivity index (χ3n) is 2.79. The lowest BCUT2D eigenvalue weighted by molar-refractivity contribution is 0.407. The Kier molecular flexibility index (Phi) is 3.07. The Bertz CT molecular complexity index is 382. The predicted molar refractivity (Wildman–Crippen MR) is 63.2 cm³/mol. The van der Waals surface area contributed by atoms with Crippen molar-refractivity contribution in [2.75, 3.05) is 18.0 Å². The van der Waals surface area contributed by atoms with Gasteiger partial charge in [-0.1, -0.05) is 0 Å². The Hall–Kier alpha value is -1.60. The molecule has 4 nitrogen and oxygen atoms in total. The Morgan fingerprint density at radius 1 is 1.38 bits per heavy atom. The molecule has 84 valence electrons. The molecule has 1 aromatic rings. The zero-order chi connectivity index (χ0) is 11.5. The van der Waals surface area contributed by atoms with Gasteiger partial charge in [-0.2, -0.15) is 5.26 Å². The quantitative estimate of drug-likeness (QED) is 0.765. The van der Waals surface area contributed by atoms with E-state index in [0.717, 1.165) is 18.8 Å². The normalized spacial score (nSPS) is 25.2. The van der Waals surface area contributed by atoms with E-state index in [1.54, 1.807) is 12.3 Å². The van der Waals surface area contributed by atoms with Crippen LogP contribution in [0.5, 0.6) is 0 Å². The van der Waals surface area contributed by atoms with Crippen molar-refractivity contribution in [3.8, 4) is 6.07 Å². The molecule has 0 saturated carbocycles. The molecule has 16 heavy (non-hydrogen) atoms. The lowest BCUT2D eigenvalue weighted by atomic mass is 10.1. The van der Waals surface area contributed by atoms with E-state index in [1.807, 2.05) is 12.1 Å². The van der Waals surface area contributed by atoms with Crippen LogP contribution in [0, 0.1) is 11.3 Å². The molecule has 1 saturated heterocycles. The van der Waals surface area contributed by atoms with E-state index in [-0.39, 0.29) is 0 Å². The SMILES string of the molecule is CC1CN(c2ccc(C#N)nc2)CC(C)N1. The molecule has 1 N–H and O–H groups in total. The third kappa shape index (κ3) is 2.31. The van der Waals surface area contributed by atoms with Crippen molar-refractivity contribution >= 4 is 5.69 Å². The number of piperazine rings is 1. The van der Waals surface area contributed by atoms with Gasteiger partial charge >= 0.3 is 0 Å². The van der Waals surface area contributed by atoms with Crippen molar-refractivity contribution in [1.82, 2.24) is 10.3 Å². The molecular formula is C12H16N4. The number of hydrogen-bond acceptors (Lipinski definition) is 4. The van der Waals surface area contributed by atoms with Gasteiger partial charge in [-0.05, 0) is 26.0 Å². The van der Waals surface area contributed by atoms with Gasteiger partial charge < -0.3 is 10.2 Å². The maximum absolute atomic E-state index is 8.69. The van der Waals surface area contributed by atoms with Crippen LogP contribution in [0.4, 0.5) is 5.69 Å². The minimum absolute atomic E-state index is 0.472. The fraction of sp³-hybridized carbons (Fsp3) is 0.500. The van der Waals surface area contributed by atoms with Crippen molar-refractivity contribution in [1.29, 1.82) is 5.26 Å². The number of pyridine rings is 1. The summed E-state index contributed by atoms with van der Waals surface area (Å²) in [5.74, 6) is 0. The van der Waals surface area contributed by atoms with Gasteiger partial charge in [0.1, 0.15) is 11.8 Å². The summed E-state index contributed by atoms with van der Waals surface area (Å²) >= 11 is 0. The van der Waals surface area contributed by atoms with Crippen LogP contribution in [0.2, 0.25) is 0 Å². The second kappa shape index (κ2) is 4.50. The number of rotatable bonds is 1. The van der Waals surface area contributed by atoms with E-state index >= 15 is 0 Å². The summed E-state index contributed by atoms with van der Waals surface area (Å²) in [6.45, 7) is 6.33. The van der Waals surface area contributed by atoms with Gasteiger partial charge in [0, 0.05) is 25.2 Å². The van der Waals surface area contributed by atoms with Gasteiger partial charge in [-0.3, -0.25) is 0 Å². The molecule has 2 unspecified atom stereocenters. The summed E-state index contributed by atoms with van der Waals surface area (Å²) in [7, 11) is 0. The van der Waals surface area contributed by atoms with Crippen molar-refractivity contribution in [3.05, 3.63) is 24.0 Å². The molecule has 0 radical (unpaired) electrons. The van der Waals surface area contributed by atoms with Crippen LogP contribution in [-0.2, 0) is 0 Å². The fourth-order valence-corrected chi connectivity index (χ4v) is 2.18. The zero-order valence-electron chi connectivity index (χ0n) is 9.64. The van der Waals surface area contributed by atoms with Gasteiger partial charge in [-0.15, -0.1) is 0 Å². The number of aromatic nitrogens is 1. The highest BCUT2D eigenvalue weighted by molar-refractivity contribution is 5.46. The van der Waals surface area contributed by atoms with Crippen molar-refractivity contribution in [2.24, 2.45) is 0 Å². The average Bonchev–Trinajstić information content (AvgIpc) is 2.28. The molecule has 1 aliphatic heterocycles. The summed E-state index contributed by atoms with van der Waals surface area (Å²) < 4.78 is 0. The highest BCUT2D eigenvalue weighted by atomic mass is 15.2. The van der Waals surface area contributed by atoms with E-state index in [2.05, 4.69) is 29.0 Å².